The molecule has 2 rings (SSSR count). The Morgan fingerprint density at radius 2 is 2.00 bits per heavy atom. The van der Waals surface area contributed by atoms with Gasteiger partial charge in [0, 0.05) is 5.25 Å². The van der Waals surface area contributed by atoms with Gasteiger partial charge in [0.05, 0.1) is 16.5 Å². The van der Waals surface area contributed by atoms with Gasteiger partial charge in [0.2, 0.25) is 5.91 Å². The Bertz CT molecular complexity index is 621. The van der Waals surface area contributed by atoms with Crippen LogP contribution in [-0.2, 0) is 4.79 Å². The lowest BCUT2D eigenvalue weighted by molar-refractivity contribution is -0.113. The third-order valence-corrected chi connectivity index (χ3v) is 4.45. The molecule has 0 aliphatic carbocycles. The lowest BCUT2D eigenvalue weighted by Gasteiger charge is -2.12. The molecule has 0 heterocycles. The summed E-state index contributed by atoms with van der Waals surface area (Å²) in [5.41, 5.74) is 1.60. The van der Waals surface area contributed by atoms with Crippen LogP contribution in [0.4, 0.5) is 10.1 Å². The van der Waals surface area contributed by atoms with Gasteiger partial charge in [0.1, 0.15) is 5.82 Å². The van der Waals surface area contributed by atoms with Gasteiger partial charge in [-0.3, -0.25) is 4.79 Å². The summed E-state index contributed by atoms with van der Waals surface area (Å²) in [5.74, 6) is -0.273. The van der Waals surface area contributed by atoms with E-state index in [4.69, 9.17) is 11.6 Å². The van der Waals surface area contributed by atoms with Crippen LogP contribution in [0.25, 0.3) is 0 Å². The largest absolute Gasteiger partial charge is 0.324 e. The van der Waals surface area contributed by atoms with E-state index in [-0.39, 0.29) is 16.2 Å². The fourth-order valence-corrected chi connectivity index (χ4v) is 2.84. The summed E-state index contributed by atoms with van der Waals surface area (Å²) in [6.45, 7) is 2.05. The van der Waals surface area contributed by atoms with Crippen molar-refractivity contribution in [2.45, 2.75) is 12.2 Å². The van der Waals surface area contributed by atoms with Gasteiger partial charge >= 0.3 is 0 Å². The molecule has 1 N–H and O–H groups in total. The van der Waals surface area contributed by atoms with Crippen LogP contribution >= 0.6 is 23.4 Å². The number of rotatable bonds is 5. The zero-order chi connectivity index (χ0) is 15.2. The van der Waals surface area contributed by atoms with E-state index in [9.17, 15) is 9.18 Å². The molecule has 1 amide bonds. The Balaban J connectivity index is 1.87. The van der Waals surface area contributed by atoms with Crippen LogP contribution in [0.3, 0.4) is 0 Å². The third kappa shape index (κ3) is 4.76. The van der Waals surface area contributed by atoms with E-state index in [2.05, 4.69) is 12.2 Å². The van der Waals surface area contributed by atoms with Gasteiger partial charge in [-0.2, -0.15) is 0 Å². The maximum absolute atomic E-state index is 12.9. The molecule has 0 saturated heterocycles. The van der Waals surface area contributed by atoms with Crippen LogP contribution in [-0.4, -0.2) is 11.7 Å². The van der Waals surface area contributed by atoms with Crippen molar-refractivity contribution in [1.29, 1.82) is 0 Å². The van der Waals surface area contributed by atoms with Crippen molar-refractivity contribution in [3.05, 3.63) is 64.9 Å². The first-order valence-electron chi connectivity index (χ1n) is 6.47. The van der Waals surface area contributed by atoms with E-state index in [0.717, 1.165) is 0 Å². The standard InChI is InChI=1S/C16H15ClFNOS/c1-11(12-5-3-2-4-6-12)21-10-16(20)19-15-8-7-13(18)9-14(15)17/h2-9,11H,10H2,1H3,(H,19,20)/t11-/m0/s1. The normalized spacial score (nSPS) is 12.0. The molecule has 21 heavy (non-hydrogen) atoms. The van der Waals surface area contributed by atoms with Crippen LogP contribution in [0, 0.1) is 5.82 Å². The zero-order valence-corrected chi connectivity index (χ0v) is 13.0. The van der Waals surface area contributed by atoms with Crippen molar-refractivity contribution in [1.82, 2.24) is 0 Å². The number of anilines is 1. The molecule has 0 fully saturated rings. The minimum Gasteiger partial charge on any atom is -0.324 e. The predicted molar refractivity (Wildman–Crippen MR) is 87.4 cm³/mol. The molecule has 2 nitrogen and oxygen atoms in total. The molecule has 1 atom stereocenters. The van der Waals surface area contributed by atoms with Crippen LogP contribution in [0.2, 0.25) is 5.02 Å². The molecule has 0 aromatic heterocycles. The monoisotopic (exact) mass is 323 g/mol. The number of carbonyl (C=O) groups excluding carboxylic acids is 1. The van der Waals surface area contributed by atoms with Crippen LogP contribution in [0.5, 0.6) is 0 Å². The van der Waals surface area contributed by atoms with Gasteiger partial charge in [0.25, 0.3) is 0 Å². The van der Waals surface area contributed by atoms with Gasteiger partial charge in [-0.25, -0.2) is 4.39 Å². The molecule has 0 saturated carbocycles. The Morgan fingerprint density at radius 1 is 1.29 bits per heavy atom. The number of halogens is 2. The summed E-state index contributed by atoms with van der Waals surface area (Å²) in [7, 11) is 0. The summed E-state index contributed by atoms with van der Waals surface area (Å²) >= 11 is 7.41. The highest BCUT2D eigenvalue weighted by Gasteiger charge is 2.10. The molecule has 2 aromatic carbocycles. The molecule has 0 unspecified atom stereocenters. The second-order valence-electron chi connectivity index (χ2n) is 4.54. The number of hydrogen-bond acceptors (Lipinski definition) is 2. The van der Waals surface area contributed by atoms with Gasteiger partial charge in [-0.1, -0.05) is 41.9 Å². The summed E-state index contributed by atoms with van der Waals surface area (Å²) in [5, 5.41) is 3.11. The summed E-state index contributed by atoms with van der Waals surface area (Å²) < 4.78 is 12.9. The van der Waals surface area contributed by atoms with Gasteiger partial charge in [-0.05, 0) is 30.7 Å². The Morgan fingerprint density at radius 3 is 2.67 bits per heavy atom. The van der Waals surface area contributed by atoms with E-state index in [1.165, 1.54) is 35.5 Å². The maximum Gasteiger partial charge on any atom is 0.234 e. The molecule has 0 aliphatic heterocycles. The van der Waals surface area contributed by atoms with Crippen LogP contribution < -0.4 is 5.32 Å². The van der Waals surface area contributed by atoms with Crippen LogP contribution in [0.15, 0.2) is 48.5 Å². The lowest BCUT2D eigenvalue weighted by atomic mass is 10.2. The highest BCUT2D eigenvalue weighted by Crippen LogP contribution is 2.28. The molecule has 2 aromatic rings. The Labute approximate surface area is 132 Å². The molecule has 110 valence electrons. The summed E-state index contributed by atoms with van der Waals surface area (Å²) in [6.07, 6.45) is 0. The summed E-state index contributed by atoms with van der Waals surface area (Å²) in [6, 6.07) is 13.9. The number of benzene rings is 2. The average molecular weight is 324 g/mol. The zero-order valence-electron chi connectivity index (χ0n) is 11.5. The van der Waals surface area contributed by atoms with Crippen molar-refractivity contribution in [3.63, 3.8) is 0 Å². The number of nitrogens with one attached hydrogen (secondary N) is 1. The molecule has 0 bridgehead atoms. The first kappa shape index (κ1) is 15.9. The number of amides is 1. The number of carbonyl (C=O) groups is 1. The first-order valence-corrected chi connectivity index (χ1v) is 7.90. The van der Waals surface area contributed by atoms with E-state index in [1.807, 2.05) is 30.3 Å². The van der Waals surface area contributed by atoms with E-state index in [1.54, 1.807) is 0 Å². The average Bonchev–Trinajstić information content (AvgIpc) is 2.48. The minimum absolute atomic E-state index is 0.156. The maximum atomic E-state index is 12.9. The first-order chi connectivity index (χ1) is 10.1. The minimum atomic E-state index is -0.426. The Kier molecular flexibility index (Phi) is 5.65. The number of thioether (sulfide) groups is 1. The van der Waals surface area contributed by atoms with Gasteiger partial charge in [-0.15, -0.1) is 11.8 Å². The topological polar surface area (TPSA) is 29.1 Å². The fourth-order valence-electron chi connectivity index (χ4n) is 1.80. The van der Waals surface area contributed by atoms with E-state index < -0.39 is 5.82 Å². The van der Waals surface area contributed by atoms with Crippen molar-refractivity contribution in [2.75, 3.05) is 11.1 Å². The van der Waals surface area contributed by atoms with Crippen molar-refractivity contribution < 1.29 is 9.18 Å². The molecule has 0 spiro atoms. The fraction of sp³-hybridized carbons (Fsp3) is 0.188. The highest BCUT2D eigenvalue weighted by molar-refractivity contribution is 8.00. The van der Waals surface area contributed by atoms with Crippen molar-refractivity contribution >= 4 is 35.0 Å². The highest BCUT2D eigenvalue weighted by atomic mass is 35.5. The van der Waals surface area contributed by atoms with E-state index >= 15 is 0 Å². The molecule has 5 heteroatoms. The molecule has 0 radical (unpaired) electrons. The smallest absolute Gasteiger partial charge is 0.234 e. The van der Waals surface area contributed by atoms with Gasteiger partial charge < -0.3 is 5.32 Å². The summed E-state index contributed by atoms with van der Waals surface area (Å²) in [4.78, 5) is 11.9. The van der Waals surface area contributed by atoms with Crippen molar-refractivity contribution in [2.24, 2.45) is 0 Å². The molecular formula is C16H15ClFNOS. The lowest BCUT2D eigenvalue weighted by Crippen LogP contribution is -2.15. The Hall–Kier alpha value is -1.52. The second-order valence-corrected chi connectivity index (χ2v) is 6.27. The SMILES string of the molecule is C[C@H](SCC(=O)Nc1ccc(F)cc1Cl)c1ccccc1. The number of hydrogen-bond donors (Lipinski definition) is 1. The van der Waals surface area contributed by atoms with Crippen molar-refractivity contribution in [3.8, 4) is 0 Å². The quantitative estimate of drug-likeness (QED) is 0.846. The van der Waals surface area contributed by atoms with Gasteiger partial charge in [0.15, 0.2) is 0 Å². The second kappa shape index (κ2) is 7.48. The molecular weight excluding hydrogens is 309 g/mol. The van der Waals surface area contributed by atoms with Crippen LogP contribution in [0.1, 0.15) is 17.7 Å². The third-order valence-electron chi connectivity index (χ3n) is 2.94. The predicted octanol–water partition coefficient (Wildman–Crippen LogP) is 4.91. The molecule has 0 aliphatic rings. The van der Waals surface area contributed by atoms with E-state index in [0.29, 0.717) is 11.4 Å².